The molecule has 31 heavy (non-hydrogen) atoms. The van der Waals surface area contributed by atoms with E-state index in [9.17, 15) is 26.4 Å². The van der Waals surface area contributed by atoms with E-state index in [0.29, 0.717) is 11.3 Å². The fraction of sp³-hybridized carbons (Fsp3) is 0.409. The van der Waals surface area contributed by atoms with Gasteiger partial charge in [-0.25, -0.2) is 8.42 Å². The van der Waals surface area contributed by atoms with Crippen molar-refractivity contribution in [2.75, 3.05) is 16.9 Å². The molecular formula is C22H25F3N2O3S. The van der Waals surface area contributed by atoms with Gasteiger partial charge in [0, 0.05) is 17.9 Å². The van der Waals surface area contributed by atoms with Crippen LogP contribution in [0.25, 0.3) is 0 Å². The monoisotopic (exact) mass is 454 g/mol. The molecule has 0 atom stereocenters. The molecule has 0 saturated heterocycles. The minimum atomic E-state index is -4.53. The van der Waals surface area contributed by atoms with E-state index in [4.69, 9.17) is 0 Å². The van der Waals surface area contributed by atoms with Crippen molar-refractivity contribution in [2.24, 2.45) is 0 Å². The van der Waals surface area contributed by atoms with Crippen LogP contribution in [0.3, 0.4) is 0 Å². The van der Waals surface area contributed by atoms with E-state index in [-0.39, 0.29) is 23.0 Å². The normalized spacial score (nSPS) is 15.5. The molecule has 2 aromatic rings. The van der Waals surface area contributed by atoms with Crippen LogP contribution in [0, 0.1) is 0 Å². The number of anilines is 2. The van der Waals surface area contributed by atoms with Gasteiger partial charge in [-0.2, -0.15) is 13.2 Å². The SMILES string of the molecule is CS(=O)(=O)Cc1ccc(C(=O)Nc2cc(C(F)(F)F)ccc2NC2CCCCC2)cc1. The summed E-state index contributed by atoms with van der Waals surface area (Å²) in [5.41, 5.74) is 0.407. The molecule has 2 N–H and O–H groups in total. The van der Waals surface area contributed by atoms with Gasteiger partial charge in [0.25, 0.3) is 5.91 Å². The highest BCUT2D eigenvalue weighted by atomic mass is 32.2. The molecule has 1 fully saturated rings. The van der Waals surface area contributed by atoms with E-state index in [1.807, 2.05) is 0 Å². The molecule has 1 saturated carbocycles. The van der Waals surface area contributed by atoms with Crippen LogP contribution in [0.15, 0.2) is 42.5 Å². The Bertz CT molecular complexity index is 1030. The topological polar surface area (TPSA) is 75.3 Å². The van der Waals surface area contributed by atoms with E-state index < -0.39 is 27.5 Å². The van der Waals surface area contributed by atoms with Gasteiger partial charge in [-0.05, 0) is 48.7 Å². The third-order valence-corrected chi connectivity index (χ3v) is 6.06. The van der Waals surface area contributed by atoms with E-state index in [1.165, 1.54) is 30.3 Å². The van der Waals surface area contributed by atoms with E-state index in [0.717, 1.165) is 50.5 Å². The molecule has 0 unspecified atom stereocenters. The average molecular weight is 455 g/mol. The summed E-state index contributed by atoms with van der Waals surface area (Å²) in [5, 5.41) is 5.85. The number of halogens is 3. The molecule has 3 rings (SSSR count). The summed E-state index contributed by atoms with van der Waals surface area (Å²) in [7, 11) is -3.21. The van der Waals surface area contributed by atoms with Crippen LogP contribution in [-0.4, -0.2) is 26.6 Å². The summed E-state index contributed by atoms with van der Waals surface area (Å²) in [5.74, 6) is -0.727. The van der Waals surface area contributed by atoms with Crippen molar-refractivity contribution in [3.8, 4) is 0 Å². The lowest BCUT2D eigenvalue weighted by molar-refractivity contribution is -0.137. The molecule has 1 amide bonds. The van der Waals surface area contributed by atoms with Crippen LogP contribution in [-0.2, 0) is 21.8 Å². The van der Waals surface area contributed by atoms with Crippen molar-refractivity contribution < 1.29 is 26.4 Å². The average Bonchev–Trinajstić information content (AvgIpc) is 2.68. The van der Waals surface area contributed by atoms with Gasteiger partial charge in [-0.3, -0.25) is 4.79 Å². The maximum atomic E-state index is 13.2. The van der Waals surface area contributed by atoms with Crippen LogP contribution in [0.1, 0.15) is 53.6 Å². The number of hydrogen-bond donors (Lipinski definition) is 2. The predicted octanol–water partition coefficient (Wildman–Crippen LogP) is 5.25. The number of rotatable bonds is 6. The Morgan fingerprint density at radius 3 is 2.23 bits per heavy atom. The molecule has 0 heterocycles. The molecular weight excluding hydrogens is 429 g/mol. The number of benzene rings is 2. The Balaban J connectivity index is 1.82. The molecule has 9 heteroatoms. The standard InChI is InChI=1S/C22H25F3N2O3S/c1-31(29,30)14-15-7-9-16(10-8-15)21(28)27-20-13-17(22(23,24)25)11-12-19(20)26-18-5-3-2-4-6-18/h7-13,18,26H,2-6,14H2,1H3,(H,27,28). The van der Waals surface area contributed by atoms with Gasteiger partial charge < -0.3 is 10.6 Å². The van der Waals surface area contributed by atoms with E-state index in [2.05, 4.69) is 10.6 Å². The van der Waals surface area contributed by atoms with Crippen LogP contribution in [0.4, 0.5) is 24.5 Å². The fourth-order valence-corrected chi connectivity index (χ4v) is 4.46. The van der Waals surface area contributed by atoms with Crippen molar-refractivity contribution in [3.05, 3.63) is 59.2 Å². The predicted molar refractivity (Wildman–Crippen MR) is 115 cm³/mol. The zero-order valence-corrected chi connectivity index (χ0v) is 17.9. The quantitative estimate of drug-likeness (QED) is 0.625. The summed E-state index contributed by atoms with van der Waals surface area (Å²) in [6.45, 7) is 0. The lowest BCUT2D eigenvalue weighted by atomic mass is 9.95. The number of carbonyl (C=O) groups excluding carboxylic acids is 1. The van der Waals surface area contributed by atoms with Gasteiger partial charge in [0.15, 0.2) is 9.84 Å². The van der Waals surface area contributed by atoms with Crippen molar-refractivity contribution in [2.45, 2.75) is 50.1 Å². The second-order valence-electron chi connectivity index (χ2n) is 7.96. The van der Waals surface area contributed by atoms with Gasteiger partial charge in [-0.1, -0.05) is 31.4 Å². The summed E-state index contributed by atoms with van der Waals surface area (Å²) >= 11 is 0. The van der Waals surface area contributed by atoms with Crippen LogP contribution < -0.4 is 10.6 Å². The van der Waals surface area contributed by atoms with Gasteiger partial charge in [0.1, 0.15) is 0 Å². The van der Waals surface area contributed by atoms with Crippen LogP contribution >= 0.6 is 0 Å². The summed E-state index contributed by atoms with van der Waals surface area (Å²) in [6.07, 6.45) is 1.69. The number of sulfone groups is 1. The molecule has 0 bridgehead atoms. The second-order valence-corrected chi connectivity index (χ2v) is 10.1. The fourth-order valence-electron chi connectivity index (χ4n) is 3.67. The Morgan fingerprint density at radius 1 is 1.00 bits per heavy atom. The summed E-state index contributed by atoms with van der Waals surface area (Å²) in [4.78, 5) is 12.7. The zero-order valence-electron chi connectivity index (χ0n) is 17.1. The molecule has 0 spiro atoms. The molecule has 2 aromatic carbocycles. The molecule has 1 aliphatic rings. The first kappa shape index (κ1) is 23.1. The Morgan fingerprint density at radius 2 is 1.65 bits per heavy atom. The van der Waals surface area contributed by atoms with Gasteiger partial charge in [0.2, 0.25) is 0 Å². The lowest BCUT2D eigenvalue weighted by Gasteiger charge is -2.25. The van der Waals surface area contributed by atoms with Crippen molar-refractivity contribution in [3.63, 3.8) is 0 Å². The number of amides is 1. The zero-order chi connectivity index (χ0) is 22.6. The van der Waals surface area contributed by atoms with Gasteiger partial charge in [-0.15, -0.1) is 0 Å². The smallest absolute Gasteiger partial charge is 0.381 e. The third-order valence-electron chi connectivity index (χ3n) is 5.20. The summed E-state index contributed by atoms with van der Waals surface area (Å²) in [6, 6.07) is 9.38. The first-order chi connectivity index (χ1) is 14.5. The van der Waals surface area contributed by atoms with Gasteiger partial charge >= 0.3 is 6.18 Å². The Hall–Kier alpha value is -2.55. The molecule has 168 valence electrons. The van der Waals surface area contributed by atoms with E-state index >= 15 is 0 Å². The van der Waals surface area contributed by atoms with Crippen molar-refractivity contribution >= 4 is 27.1 Å². The first-order valence-corrected chi connectivity index (χ1v) is 12.1. The molecule has 0 radical (unpaired) electrons. The highest BCUT2D eigenvalue weighted by Crippen LogP contribution is 2.35. The molecule has 1 aliphatic carbocycles. The molecule has 5 nitrogen and oxygen atoms in total. The molecule has 0 aromatic heterocycles. The summed E-state index contributed by atoms with van der Waals surface area (Å²) < 4.78 is 62.4. The third kappa shape index (κ3) is 6.72. The maximum Gasteiger partial charge on any atom is 0.416 e. The second kappa shape index (κ2) is 9.30. The van der Waals surface area contributed by atoms with Crippen molar-refractivity contribution in [1.82, 2.24) is 0 Å². The number of carbonyl (C=O) groups is 1. The van der Waals surface area contributed by atoms with Gasteiger partial charge in [0.05, 0.1) is 22.7 Å². The number of alkyl halides is 3. The minimum Gasteiger partial charge on any atom is -0.381 e. The minimum absolute atomic E-state index is 0.0608. The molecule has 0 aliphatic heterocycles. The van der Waals surface area contributed by atoms with Crippen molar-refractivity contribution in [1.29, 1.82) is 0 Å². The number of hydrogen-bond acceptors (Lipinski definition) is 4. The Labute approximate surface area is 180 Å². The maximum absolute atomic E-state index is 13.2. The Kier molecular flexibility index (Phi) is 6.93. The van der Waals surface area contributed by atoms with Crippen LogP contribution in [0.2, 0.25) is 0 Å². The van der Waals surface area contributed by atoms with E-state index in [1.54, 1.807) is 0 Å². The highest BCUT2D eigenvalue weighted by molar-refractivity contribution is 7.89. The van der Waals surface area contributed by atoms with Crippen LogP contribution in [0.5, 0.6) is 0 Å². The largest absolute Gasteiger partial charge is 0.416 e. The lowest BCUT2D eigenvalue weighted by Crippen LogP contribution is -2.24. The first-order valence-electron chi connectivity index (χ1n) is 10.1. The highest BCUT2D eigenvalue weighted by Gasteiger charge is 2.31. The number of nitrogens with one attached hydrogen (secondary N) is 2.